The smallest absolute Gasteiger partial charge is 0.349 e. The molecule has 1 amide bonds. The lowest BCUT2D eigenvalue weighted by Gasteiger charge is -2.12. The largest absolute Gasteiger partial charge is 0.350 e. The van der Waals surface area contributed by atoms with Crippen LogP contribution in [-0.4, -0.2) is 31.1 Å². The van der Waals surface area contributed by atoms with E-state index in [2.05, 4.69) is 15.5 Å². The molecule has 4 aromatic rings. The first-order valence-corrected chi connectivity index (χ1v) is 9.35. The van der Waals surface area contributed by atoms with E-state index in [4.69, 9.17) is 0 Å². The second kappa shape index (κ2) is 7.05. The Morgan fingerprint density at radius 2 is 1.86 bits per heavy atom. The summed E-state index contributed by atoms with van der Waals surface area (Å²) >= 11 is 0. The third-order valence-electron chi connectivity index (χ3n) is 4.75. The molecule has 0 atom stereocenters. The molecule has 148 valence electrons. The first-order chi connectivity index (χ1) is 13.8. The van der Waals surface area contributed by atoms with Gasteiger partial charge < -0.3 is 5.32 Å². The number of carbonyl (C=O) groups is 1. The summed E-state index contributed by atoms with van der Waals surface area (Å²) in [4.78, 5) is 38.0. The third-order valence-corrected chi connectivity index (χ3v) is 4.75. The molecule has 8 nitrogen and oxygen atoms in total. The highest BCUT2D eigenvalue weighted by atomic mass is 16.2. The zero-order chi connectivity index (χ0) is 20.7. The maximum Gasteiger partial charge on any atom is 0.349 e. The number of amides is 1. The lowest BCUT2D eigenvalue weighted by molar-refractivity contribution is 0.0943. The van der Waals surface area contributed by atoms with Crippen molar-refractivity contribution in [3.05, 3.63) is 80.0 Å². The first kappa shape index (κ1) is 18.7. The number of carbonyl (C=O) groups excluding carboxylic acids is 1. The number of rotatable bonds is 4. The zero-order valence-electron chi connectivity index (χ0n) is 16.4. The van der Waals surface area contributed by atoms with E-state index in [1.54, 1.807) is 18.2 Å². The summed E-state index contributed by atoms with van der Waals surface area (Å²) in [5, 5.41) is 9.62. The van der Waals surface area contributed by atoms with Crippen molar-refractivity contribution < 1.29 is 4.79 Å². The van der Waals surface area contributed by atoms with E-state index in [1.165, 1.54) is 8.97 Å². The summed E-state index contributed by atoms with van der Waals surface area (Å²) in [5.74, 6) is -0.0649. The highest BCUT2D eigenvalue weighted by Crippen LogP contribution is 2.15. The van der Waals surface area contributed by atoms with Crippen molar-refractivity contribution in [2.45, 2.75) is 33.4 Å². The predicted molar refractivity (Wildman–Crippen MR) is 110 cm³/mol. The van der Waals surface area contributed by atoms with Crippen LogP contribution in [0.1, 0.15) is 35.3 Å². The normalized spacial score (nSPS) is 11.4. The number of aryl methyl sites for hydroxylation is 1. The zero-order valence-corrected chi connectivity index (χ0v) is 16.4. The molecular formula is C21H21N5O3. The molecule has 8 heteroatoms. The molecule has 0 spiro atoms. The third kappa shape index (κ3) is 3.33. The van der Waals surface area contributed by atoms with Gasteiger partial charge in [-0.1, -0.05) is 29.8 Å². The van der Waals surface area contributed by atoms with Crippen LogP contribution in [0.5, 0.6) is 0 Å². The van der Waals surface area contributed by atoms with Gasteiger partial charge in [0.25, 0.3) is 11.5 Å². The standard InChI is InChI=1S/C21H21N5O3/c1-12(2)22-18(27)15-8-9-16-17(10-15)26-20(23-24-21(26)29)25(19(16)28)11-14-6-4-13(3)5-7-14/h4-10,12H,11H2,1-3H3,(H,22,27)(H,24,29). The first-order valence-electron chi connectivity index (χ1n) is 9.35. The molecule has 0 saturated carbocycles. The van der Waals surface area contributed by atoms with Crippen LogP contribution < -0.4 is 16.6 Å². The second-order valence-corrected chi connectivity index (χ2v) is 7.40. The lowest BCUT2D eigenvalue weighted by atomic mass is 10.1. The maximum atomic E-state index is 13.2. The molecule has 0 aliphatic carbocycles. The van der Waals surface area contributed by atoms with Gasteiger partial charge in [-0.25, -0.2) is 14.3 Å². The maximum absolute atomic E-state index is 13.2. The van der Waals surface area contributed by atoms with Gasteiger partial charge in [0.15, 0.2) is 0 Å². The molecule has 0 bridgehead atoms. The van der Waals surface area contributed by atoms with Gasteiger partial charge >= 0.3 is 5.69 Å². The van der Waals surface area contributed by atoms with Gasteiger partial charge in [-0.05, 0) is 44.5 Å². The van der Waals surface area contributed by atoms with Gasteiger partial charge in [-0.3, -0.25) is 14.2 Å². The minimum atomic E-state index is -0.468. The number of hydrogen-bond donors (Lipinski definition) is 2. The molecule has 0 fully saturated rings. The summed E-state index contributed by atoms with van der Waals surface area (Å²) in [7, 11) is 0. The summed E-state index contributed by atoms with van der Waals surface area (Å²) in [6.07, 6.45) is 0. The number of H-pyrrole nitrogens is 1. The fourth-order valence-corrected chi connectivity index (χ4v) is 3.33. The van der Waals surface area contributed by atoms with Crippen LogP contribution in [0.25, 0.3) is 16.7 Å². The predicted octanol–water partition coefficient (Wildman–Crippen LogP) is 1.83. The average Bonchev–Trinajstić information content (AvgIpc) is 3.07. The number of benzene rings is 2. The summed E-state index contributed by atoms with van der Waals surface area (Å²) in [6, 6.07) is 12.5. The lowest BCUT2D eigenvalue weighted by Crippen LogP contribution is -2.30. The molecule has 0 aliphatic rings. The molecule has 2 aromatic heterocycles. The highest BCUT2D eigenvalue weighted by Gasteiger charge is 2.17. The van der Waals surface area contributed by atoms with Crippen LogP contribution in [0.3, 0.4) is 0 Å². The fourth-order valence-electron chi connectivity index (χ4n) is 3.33. The Morgan fingerprint density at radius 1 is 1.14 bits per heavy atom. The van der Waals surface area contributed by atoms with Crippen molar-refractivity contribution in [2.75, 3.05) is 0 Å². The number of nitrogens with zero attached hydrogens (tertiary/aromatic N) is 3. The van der Waals surface area contributed by atoms with Gasteiger partial charge in [0.2, 0.25) is 5.78 Å². The Morgan fingerprint density at radius 3 is 2.55 bits per heavy atom. The average molecular weight is 391 g/mol. The van der Waals surface area contributed by atoms with Gasteiger partial charge in [0.1, 0.15) is 0 Å². The van der Waals surface area contributed by atoms with E-state index < -0.39 is 5.69 Å². The van der Waals surface area contributed by atoms with Crippen LogP contribution in [0.15, 0.2) is 52.1 Å². The summed E-state index contributed by atoms with van der Waals surface area (Å²) in [5.41, 5.74) is 2.01. The van der Waals surface area contributed by atoms with Crippen LogP contribution in [0, 0.1) is 6.92 Å². The van der Waals surface area contributed by atoms with E-state index in [1.807, 2.05) is 45.0 Å². The van der Waals surface area contributed by atoms with E-state index in [-0.39, 0.29) is 29.8 Å². The molecule has 29 heavy (non-hydrogen) atoms. The van der Waals surface area contributed by atoms with Gasteiger partial charge in [-0.2, -0.15) is 0 Å². The van der Waals surface area contributed by atoms with E-state index in [9.17, 15) is 14.4 Å². The molecule has 4 rings (SSSR count). The Balaban J connectivity index is 1.93. The summed E-state index contributed by atoms with van der Waals surface area (Å²) < 4.78 is 2.79. The van der Waals surface area contributed by atoms with Crippen LogP contribution in [-0.2, 0) is 6.54 Å². The SMILES string of the molecule is Cc1ccc(Cn2c(=O)c3ccc(C(=O)NC(C)C)cc3n3c(=O)[nH]nc23)cc1. The summed E-state index contributed by atoms with van der Waals surface area (Å²) in [6.45, 7) is 5.99. The molecule has 2 N–H and O–H groups in total. The Labute approximate surface area is 165 Å². The van der Waals surface area contributed by atoms with Crippen molar-refractivity contribution >= 4 is 22.6 Å². The quantitative estimate of drug-likeness (QED) is 0.554. The van der Waals surface area contributed by atoms with Gasteiger partial charge in [-0.15, -0.1) is 5.10 Å². The van der Waals surface area contributed by atoms with Crippen molar-refractivity contribution in [1.29, 1.82) is 0 Å². The minimum absolute atomic E-state index is 0.0302. The number of aromatic amines is 1. The molecular weight excluding hydrogens is 370 g/mol. The van der Waals surface area contributed by atoms with E-state index in [0.29, 0.717) is 16.5 Å². The van der Waals surface area contributed by atoms with Crippen molar-refractivity contribution in [2.24, 2.45) is 0 Å². The molecule has 0 radical (unpaired) electrons. The van der Waals surface area contributed by atoms with Crippen LogP contribution in [0.2, 0.25) is 0 Å². The number of aromatic nitrogens is 4. The van der Waals surface area contributed by atoms with Crippen LogP contribution in [0.4, 0.5) is 0 Å². The Kier molecular flexibility index (Phi) is 4.54. The fraction of sp³-hybridized carbons (Fsp3) is 0.238. The van der Waals surface area contributed by atoms with Crippen molar-refractivity contribution in [1.82, 2.24) is 24.5 Å². The molecule has 0 aliphatic heterocycles. The van der Waals surface area contributed by atoms with Crippen molar-refractivity contribution in [3.8, 4) is 0 Å². The van der Waals surface area contributed by atoms with Gasteiger partial charge in [0.05, 0.1) is 17.4 Å². The molecule has 2 aromatic carbocycles. The second-order valence-electron chi connectivity index (χ2n) is 7.40. The Bertz CT molecular complexity index is 1340. The molecule has 2 heterocycles. The molecule has 0 unspecified atom stereocenters. The van der Waals surface area contributed by atoms with Crippen molar-refractivity contribution in [3.63, 3.8) is 0 Å². The van der Waals surface area contributed by atoms with E-state index in [0.717, 1.165) is 11.1 Å². The van der Waals surface area contributed by atoms with Crippen LogP contribution >= 0.6 is 0 Å². The van der Waals surface area contributed by atoms with Gasteiger partial charge in [0, 0.05) is 11.6 Å². The van der Waals surface area contributed by atoms with E-state index >= 15 is 0 Å². The minimum Gasteiger partial charge on any atom is -0.350 e. The monoisotopic (exact) mass is 391 g/mol. The Hall–Kier alpha value is -3.68. The number of fused-ring (bicyclic) bond motifs is 3. The number of hydrogen-bond acceptors (Lipinski definition) is 4. The molecule has 0 saturated heterocycles. The topological polar surface area (TPSA) is 101 Å². The highest BCUT2D eigenvalue weighted by molar-refractivity contribution is 5.98. The number of nitrogens with one attached hydrogen (secondary N) is 2.